The zero-order valence-corrected chi connectivity index (χ0v) is 14.5. The number of carbonyl (C=O) groups is 2. The van der Waals surface area contributed by atoms with Crippen molar-refractivity contribution in [2.24, 2.45) is 0 Å². The number of hydrogen-bond acceptors (Lipinski definition) is 4. The molecule has 6 nitrogen and oxygen atoms in total. The van der Waals surface area contributed by atoms with Crippen LogP contribution in [0.1, 0.15) is 20.8 Å². The zero-order valence-electron chi connectivity index (χ0n) is 13.0. The highest BCUT2D eigenvalue weighted by molar-refractivity contribution is 6.36. The third-order valence-electron chi connectivity index (χ3n) is 2.41. The zero-order chi connectivity index (χ0) is 16.9. The van der Waals surface area contributed by atoms with E-state index >= 15 is 0 Å². The quantitative estimate of drug-likeness (QED) is 0.856. The number of amides is 2. The Morgan fingerprint density at radius 1 is 1.23 bits per heavy atom. The van der Waals surface area contributed by atoms with Gasteiger partial charge in [-0.3, -0.25) is 14.5 Å². The summed E-state index contributed by atoms with van der Waals surface area (Å²) in [6, 6.07) is 1.49. The second kappa shape index (κ2) is 7.76. The number of carbonyl (C=O) groups excluding carboxylic acids is 2. The van der Waals surface area contributed by atoms with Crippen LogP contribution in [0.3, 0.4) is 0 Å². The van der Waals surface area contributed by atoms with Gasteiger partial charge in [0.1, 0.15) is 0 Å². The lowest BCUT2D eigenvalue weighted by molar-refractivity contribution is -0.124. The van der Waals surface area contributed by atoms with Gasteiger partial charge in [0.2, 0.25) is 11.8 Å². The van der Waals surface area contributed by atoms with Gasteiger partial charge in [-0.1, -0.05) is 23.2 Å². The van der Waals surface area contributed by atoms with Gasteiger partial charge in [0.05, 0.1) is 23.1 Å². The van der Waals surface area contributed by atoms with E-state index < -0.39 is 0 Å². The number of likely N-dealkylation sites (N-methyl/N-ethyl adjacent to an activating group) is 1. The molecule has 1 rings (SSSR count). The molecule has 2 N–H and O–H groups in total. The number of rotatable bonds is 5. The van der Waals surface area contributed by atoms with Crippen LogP contribution in [0.25, 0.3) is 0 Å². The number of pyridine rings is 1. The second-order valence-electron chi connectivity index (χ2n) is 6.00. The third-order valence-corrected chi connectivity index (χ3v) is 2.90. The van der Waals surface area contributed by atoms with Gasteiger partial charge in [-0.15, -0.1) is 0 Å². The molecular formula is C14H20Cl2N4O2. The fourth-order valence-electron chi connectivity index (χ4n) is 1.68. The molecule has 0 aliphatic rings. The van der Waals surface area contributed by atoms with Crippen LogP contribution in [-0.4, -0.2) is 47.4 Å². The molecule has 0 saturated carbocycles. The van der Waals surface area contributed by atoms with Gasteiger partial charge in [-0.2, -0.15) is 0 Å². The summed E-state index contributed by atoms with van der Waals surface area (Å²) in [4.78, 5) is 29.2. The van der Waals surface area contributed by atoms with Gasteiger partial charge < -0.3 is 10.6 Å². The summed E-state index contributed by atoms with van der Waals surface area (Å²) in [5.74, 6) is -0.225. The van der Waals surface area contributed by atoms with E-state index in [1.54, 1.807) is 11.9 Å². The standard InChI is InChI=1S/C14H20Cl2N4O2/c1-14(2,3)19-12(22)8-20(4)7-11(21)18-13-10(16)5-9(15)6-17-13/h5-6H,7-8H2,1-4H3,(H,19,22)(H,17,18,21). The van der Waals surface area contributed by atoms with Crippen molar-refractivity contribution < 1.29 is 9.59 Å². The predicted octanol–water partition coefficient (Wildman–Crippen LogP) is 2.17. The number of halogens is 2. The largest absolute Gasteiger partial charge is 0.350 e. The fourth-order valence-corrected chi connectivity index (χ4v) is 2.11. The molecule has 1 heterocycles. The molecule has 0 saturated heterocycles. The molecule has 0 atom stereocenters. The smallest absolute Gasteiger partial charge is 0.239 e. The summed E-state index contributed by atoms with van der Waals surface area (Å²) in [7, 11) is 1.68. The first kappa shape index (κ1) is 18.7. The molecule has 0 aromatic carbocycles. The maximum Gasteiger partial charge on any atom is 0.239 e. The van der Waals surface area contributed by atoms with Crippen LogP contribution in [0.4, 0.5) is 5.82 Å². The first-order chi connectivity index (χ1) is 10.1. The Hall–Kier alpha value is -1.37. The number of aromatic nitrogens is 1. The molecule has 8 heteroatoms. The monoisotopic (exact) mass is 346 g/mol. The minimum atomic E-state index is -0.317. The Kier molecular flexibility index (Phi) is 6.59. The van der Waals surface area contributed by atoms with Gasteiger partial charge in [0, 0.05) is 11.7 Å². The maximum atomic E-state index is 11.9. The van der Waals surface area contributed by atoms with Crippen molar-refractivity contribution in [3.63, 3.8) is 0 Å². The van der Waals surface area contributed by atoms with Crippen LogP contribution >= 0.6 is 23.2 Å². The van der Waals surface area contributed by atoms with Crippen molar-refractivity contribution in [2.45, 2.75) is 26.3 Å². The van der Waals surface area contributed by atoms with E-state index in [-0.39, 0.29) is 41.3 Å². The highest BCUT2D eigenvalue weighted by Gasteiger charge is 2.17. The van der Waals surface area contributed by atoms with Gasteiger partial charge in [-0.25, -0.2) is 4.98 Å². The van der Waals surface area contributed by atoms with Crippen molar-refractivity contribution in [2.75, 3.05) is 25.5 Å². The normalized spacial score (nSPS) is 11.4. The molecule has 0 radical (unpaired) electrons. The van der Waals surface area contributed by atoms with Crippen LogP contribution in [0.2, 0.25) is 10.0 Å². The Balaban J connectivity index is 2.49. The number of anilines is 1. The lowest BCUT2D eigenvalue weighted by atomic mass is 10.1. The predicted molar refractivity (Wildman–Crippen MR) is 88.3 cm³/mol. The minimum absolute atomic E-state index is 0.0399. The molecule has 0 aliphatic heterocycles. The lowest BCUT2D eigenvalue weighted by Gasteiger charge is -2.23. The Morgan fingerprint density at radius 2 is 1.82 bits per heavy atom. The summed E-state index contributed by atoms with van der Waals surface area (Å²) in [6.45, 7) is 5.84. The minimum Gasteiger partial charge on any atom is -0.350 e. The molecule has 0 unspecified atom stereocenters. The lowest BCUT2D eigenvalue weighted by Crippen LogP contribution is -2.46. The average molecular weight is 347 g/mol. The molecule has 0 spiro atoms. The molecule has 0 fully saturated rings. The van der Waals surface area contributed by atoms with Crippen LogP contribution in [0.5, 0.6) is 0 Å². The maximum absolute atomic E-state index is 11.9. The topological polar surface area (TPSA) is 74.3 Å². The van der Waals surface area contributed by atoms with Crippen LogP contribution in [0.15, 0.2) is 12.3 Å². The van der Waals surface area contributed by atoms with E-state index in [1.165, 1.54) is 12.3 Å². The van der Waals surface area contributed by atoms with E-state index in [1.807, 2.05) is 20.8 Å². The van der Waals surface area contributed by atoms with Gasteiger partial charge in [0.15, 0.2) is 5.82 Å². The first-order valence-corrected chi connectivity index (χ1v) is 7.43. The molecule has 122 valence electrons. The Morgan fingerprint density at radius 3 is 2.36 bits per heavy atom. The number of hydrogen-bond donors (Lipinski definition) is 2. The molecule has 2 amide bonds. The van der Waals surface area contributed by atoms with E-state index in [9.17, 15) is 9.59 Å². The van der Waals surface area contributed by atoms with Crippen LogP contribution in [0, 0.1) is 0 Å². The van der Waals surface area contributed by atoms with Crippen molar-refractivity contribution in [3.8, 4) is 0 Å². The van der Waals surface area contributed by atoms with Crippen LogP contribution in [-0.2, 0) is 9.59 Å². The number of nitrogens with one attached hydrogen (secondary N) is 2. The summed E-state index contributed by atoms with van der Waals surface area (Å²) < 4.78 is 0. The van der Waals surface area contributed by atoms with E-state index in [0.29, 0.717) is 5.02 Å². The highest BCUT2D eigenvalue weighted by atomic mass is 35.5. The second-order valence-corrected chi connectivity index (χ2v) is 6.85. The summed E-state index contributed by atoms with van der Waals surface area (Å²) in [5.41, 5.74) is -0.305. The summed E-state index contributed by atoms with van der Waals surface area (Å²) in [5, 5.41) is 6.05. The molecular weight excluding hydrogens is 327 g/mol. The van der Waals surface area contributed by atoms with Gasteiger partial charge >= 0.3 is 0 Å². The van der Waals surface area contributed by atoms with E-state index in [2.05, 4.69) is 15.6 Å². The molecule has 1 aromatic heterocycles. The number of nitrogens with zero attached hydrogens (tertiary/aromatic N) is 2. The highest BCUT2D eigenvalue weighted by Crippen LogP contribution is 2.22. The first-order valence-electron chi connectivity index (χ1n) is 6.67. The van der Waals surface area contributed by atoms with Crippen molar-refractivity contribution in [1.82, 2.24) is 15.2 Å². The van der Waals surface area contributed by atoms with Gasteiger partial charge in [-0.05, 0) is 33.9 Å². The summed E-state index contributed by atoms with van der Waals surface area (Å²) >= 11 is 11.7. The average Bonchev–Trinajstić information content (AvgIpc) is 2.29. The Labute approximate surface area is 140 Å². The molecule has 1 aromatic rings. The van der Waals surface area contributed by atoms with Crippen LogP contribution < -0.4 is 10.6 Å². The summed E-state index contributed by atoms with van der Waals surface area (Å²) in [6.07, 6.45) is 1.39. The van der Waals surface area contributed by atoms with Crippen molar-refractivity contribution in [3.05, 3.63) is 22.3 Å². The molecule has 22 heavy (non-hydrogen) atoms. The van der Waals surface area contributed by atoms with Gasteiger partial charge in [0.25, 0.3) is 0 Å². The Bertz CT molecular complexity index is 558. The fraction of sp³-hybridized carbons (Fsp3) is 0.500. The van der Waals surface area contributed by atoms with E-state index in [4.69, 9.17) is 23.2 Å². The van der Waals surface area contributed by atoms with Crippen molar-refractivity contribution in [1.29, 1.82) is 0 Å². The molecule has 0 bridgehead atoms. The third kappa shape index (κ3) is 7.06. The van der Waals surface area contributed by atoms with Crippen molar-refractivity contribution >= 4 is 40.8 Å². The SMILES string of the molecule is CN(CC(=O)Nc1ncc(Cl)cc1Cl)CC(=O)NC(C)(C)C. The molecule has 0 aliphatic carbocycles. The van der Waals surface area contributed by atoms with E-state index in [0.717, 1.165) is 0 Å².